The van der Waals surface area contributed by atoms with Crippen molar-refractivity contribution in [3.05, 3.63) is 58.1 Å². The smallest absolute Gasteiger partial charge is 0.327 e. The normalized spacial score (nSPS) is 20.9. The molecule has 1 aliphatic heterocycles. The first-order valence-corrected chi connectivity index (χ1v) is 10.5. The zero-order chi connectivity index (χ0) is 19.1. The van der Waals surface area contributed by atoms with Gasteiger partial charge < -0.3 is 14.9 Å². The van der Waals surface area contributed by atoms with E-state index in [1.165, 1.54) is 0 Å². The molecule has 3 unspecified atom stereocenters. The summed E-state index contributed by atoms with van der Waals surface area (Å²) >= 11 is 6.13. The van der Waals surface area contributed by atoms with Gasteiger partial charge in [-0.3, -0.25) is 4.57 Å². The summed E-state index contributed by atoms with van der Waals surface area (Å²) in [4.78, 5) is 11.9. The van der Waals surface area contributed by atoms with Crippen LogP contribution >= 0.6 is 19.0 Å². The fourth-order valence-electron chi connectivity index (χ4n) is 3.55. The zero-order valence-electron chi connectivity index (χ0n) is 14.8. The van der Waals surface area contributed by atoms with Crippen LogP contribution in [-0.4, -0.2) is 23.7 Å². The number of hydrogen-bond donors (Lipinski definition) is 2. The molecule has 2 aromatic carbocycles. The van der Waals surface area contributed by atoms with Gasteiger partial charge in [-0.15, -0.1) is 0 Å². The third kappa shape index (κ3) is 3.27. The summed E-state index contributed by atoms with van der Waals surface area (Å²) in [6.07, 6.45) is 0. The van der Waals surface area contributed by atoms with Crippen LogP contribution in [0.2, 0.25) is 5.02 Å². The fourth-order valence-corrected chi connectivity index (χ4v) is 6.69. The van der Waals surface area contributed by atoms with Crippen LogP contribution in [0.25, 0.3) is 0 Å². The maximum Gasteiger partial charge on any atom is 0.327 e. The van der Waals surface area contributed by atoms with Crippen LogP contribution < -0.4 is 10.6 Å². The molecule has 3 rings (SSSR count). The number of benzene rings is 2. The molecule has 138 valence electrons. The number of anilines is 1. The SMILES string of the molecule is CCOP(=O)(c1cc(C)cc(C)c1)C1c2cc(Cl)ccc2NC1C(=O)O. The highest BCUT2D eigenvalue weighted by molar-refractivity contribution is 7.67. The molecule has 26 heavy (non-hydrogen) atoms. The van der Waals surface area contributed by atoms with E-state index in [-0.39, 0.29) is 6.61 Å². The molecule has 0 bridgehead atoms. The van der Waals surface area contributed by atoms with E-state index in [0.29, 0.717) is 21.6 Å². The Morgan fingerprint density at radius 1 is 1.23 bits per heavy atom. The van der Waals surface area contributed by atoms with Crippen molar-refractivity contribution in [3.8, 4) is 0 Å². The van der Waals surface area contributed by atoms with Crippen LogP contribution in [0, 0.1) is 13.8 Å². The minimum atomic E-state index is -3.54. The van der Waals surface area contributed by atoms with Gasteiger partial charge in [0.25, 0.3) is 0 Å². The highest BCUT2D eigenvalue weighted by Crippen LogP contribution is 2.64. The molecular weight excluding hydrogens is 373 g/mol. The maximum atomic E-state index is 14.1. The summed E-state index contributed by atoms with van der Waals surface area (Å²) in [6, 6.07) is 9.61. The van der Waals surface area contributed by atoms with Crippen molar-refractivity contribution in [3.63, 3.8) is 0 Å². The second-order valence-electron chi connectivity index (χ2n) is 6.50. The average Bonchev–Trinajstić information content (AvgIpc) is 2.93. The topological polar surface area (TPSA) is 75.6 Å². The van der Waals surface area contributed by atoms with Crippen LogP contribution in [-0.2, 0) is 13.9 Å². The van der Waals surface area contributed by atoms with E-state index in [0.717, 1.165) is 11.1 Å². The van der Waals surface area contributed by atoms with E-state index < -0.39 is 25.0 Å². The predicted octanol–water partition coefficient (Wildman–Crippen LogP) is 4.52. The van der Waals surface area contributed by atoms with E-state index in [1.54, 1.807) is 25.1 Å². The first-order chi connectivity index (χ1) is 12.3. The first-order valence-electron chi connectivity index (χ1n) is 8.38. The molecule has 0 fully saturated rings. The molecule has 1 heterocycles. The van der Waals surface area contributed by atoms with Crippen molar-refractivity contribution in [1.29, 1.82) is 0 Å². The fraction of sp³-hybridized carbons (Fsp3) is 0.316. The molecule has 0 spiro atoms. The first kappa shape index (κ1) is 19.0. The summed E-state index contributed by atoms with van der Waals surface area (Å²) in [7, 11) is -3.54. The average molecular weight is 394 g/mol. The van der Waals surface area contributed by atoms with E-state index >= 15 is 0 Å². The van der Waals surface area contributed by atoms with Gasteiger partial charge in [-0.2, -0.15) is 0 Å². The van der Waals surface area contributed by atoms with Crippen molar-refractivity contribution >= 4 is 35.9 Å². The number of fused-ring (bicyclic) bond motifs is 1. The van der Waals surface area contributed by atoms with E-state index in [2.05, 4.69) is 5.32 Å². The summed E-state index contributed by atoms with van der Waals surface area (Å²) in [5.74, 6) is -1.08. The second kappa shape index (κ2) is 7.07. The molecule has 2 aromatic rings. The third-order valence-electron chi connectivity index (χ3n) is 4.48. The van der Waals surface area contributed by atoms with Crippen molar-refractivity contribution in [2.24, 2.45) is 0 Å². The monoisotopic (exact) mass is 393 g/mol. The lowest BCUT2D eigenvalue weighted by Gasteiger charge is -2.28. The zero-order valence-corrected chi connectivity index (χ0v) is 16.5. The van der Waals surface area contributed by atoms with Crippen molar-refractivity contribution in [2.45, 2.75) is 32.5 Å². The summed E-state index contributed by atoms with van der Waals surface area (Å²) in [5.41, 5.74) is 2.28. The molecule has 7 heteroatoms. The molecule has 5 nitrogen and oxygen atoms in total. The number of aryl methyl sites for hydroxylation is 2. The highest BCUT2D eigenvalue weighted by Gasteiger charge is 2.50. The Labute approximate surface area is 157 Å². The van der Waals surface area contributed by atoms with Gasteiger partial charge >= 0.3 is 5.97 Å². The minimum Gasteiger partial charge on any atom is -0.480 e. The van der Waals surface area contributed by atoms with Gasteiger partial charge in [-0.25, -0.2) is 4.79 Å². The quantitative estimate of drug-likeness (QED) is 0.730. The minimum absolute atomic E-state index is 0.211. The maximum absolute atomic E-state index is 14.1. The largest absolute Gasteiger partial charge is 0.480 e. The van der Waals surface area contributed by atoms with Crippen LogP contribution in [0.15, 0.2) is 36.4 Å². The van der Waals surface area contributed by atoms with Crippen molar-refractivity contribution < 1.29 is 19.0 Å². The van der Waals surface area contributed by atoms with E-state index in [4.69, 9.17) is 16.1 Å². The van der Waals surface area contributed by atoms with Crippen LogP contribution in [0.5, 0.6) is 0 Å². The van der Waals surface area contributed by atoms with Crippen LogP contribution in [0.3, 0.4) is 0 Å². The molecule has 3 atom stereocenters. The number of rotatable bonds is 5. The lowest BCUT2D eigenvalue weighted by molar-refractivity contribution is -0.137. The van der Waals surface area contributed by atoms with Gasteiger partial charge in [0.2, 0.25) is 7.37 Å². The van der Waals surface area contributed by atoms with Gasteiger partial charge in [-0.1, -0.05) is 28.8 Å². The Kier molecular flexibility index (Phi) is 5.16. The number of halogens is 1. The van der Waals surface area contributed by atoms with Gasteiger partial charge in [0.15, 0.2) is 0 Å². The highest BCUT2D eigenvalue weighted by atomic mass is 35.5. The van der Waals surface area contributed by atoms with Crippen molar-refractivity contribution in [2.75, 3.05) is 11.9 Å². The molecule has 0 amide bonds. The lowest BCUT2D eigenvalue weighted by Crippen LogP contribution is -2.32. The molecule has 1 aliphatic rings. The van der Waals surface area contributed by atoms with E-state index in [1.807, 2.05) is 32.0 Å². The lowest BCUT2D eigenvalue weighted by atomic mass is 10.1. The van der Waals surface area contributed by atoms with Gasteiger partial charge in [0.05, 0.1) is 12.3 Å². The number of carboxylic acids is 1. The molecule has 0 saturated carbocycles. The predicted molar refractivity (Wildman–Crippen MR) is 104 cm³/mol. The number of aliphatic carboxylic acids is 1. The number of nitrogens with one attached hydrogen (secondary N) is 1. The standard InChI is InChI=1S/C19H21ClNO4P/c1-4-25-26(24,14-8-11(2)7-12(3)9-14)18-15-10-13(20)5-6-16(15)21-17(18)19(22)23/h5-10,17-18,21H,4H2,1-3H3,(H,22,23). The Balaban J connectivity index is 2.24. The molecular formula is C19H21ClNO4P. The van der Waals surface area contributed by atoms with Crippen molar-refractivity contribution in [1.82, 2.24) is 0 Å². The Hall–Kier alpha value is -1.81. The van der Waals surface area contributed by atoms with Gasteiger partial charge in [0.1, 0.15) is 6.04 Å². The summed E-state index contributed by atoms with van der Waals surface area (Å²) < 4.78 is 19.9. The Bertz CT molecular complexity index is 894. The van der Waals surface area contributed by atoms with Gasteiger partial charge in [-0.05, 0) is 56.7 Å². The molecule has 2 N–H and O–H groups in total. The summed E-state index contributed by atoms with van der Waals surface area (Å²) in [6.45, 7) is 5.80. The third-order valence-corrected chi connectivity index (χ3v) is 7.64. The molecule has 0 radical (unpaired) electrons. The molecule has 0 aliphatic carbocycles. The number of carboxylic acid groups (broad SMARTS) is 1. The summed E-state index contributed by atoms with van der Waals surface area (Å²) in [5, 5.41) is 13.7. The van der Waals surface area contributed by atoms with Crippen LogP contribution in [0.1, 0.15) is 29.3 Å². The van der Waals surface area contributed by atoms with Gasteiger partial charge in [0, 0.05) is 16.0 Å². The number of hydrogen-bond acceptors (Lipinski definition) is 4. The number of carbonyl (C=O) groups is 1. The van der Waals surface area contributed by atoms with E-state index in [9.17, 15) is 14.5 Å². The Morgan fingerprint density at radius 3 is 2.46 bits per heavy atom. The second-order valence-corrected chi connectivity index (χ2v) is 9.46. The molecule has 0 aromatic heterocycles. The molecule has 0 saturated heterocycles. The van der Waals surface area contributed by atoms with Crippen LogP contribution in [0.4, 0.5) is 5.69 Å². The Morgan fingerprint density at radius 2 is 1.88 bits per heavy atom.